The van der Waals surface area contributed by atoms with Crippen molar-refractivity contribution in [2.24, 2.45) is 0 Å². The van der Waals surface area contributed by atoms with E-state index in [1.165, 1.54) is 0 Å². The van der Waals surface area contributed by atoms with Gasteiger partial charge in [0.25, 0.3) is 5.69 Å². The summed E-state index contributed by atoms with van der Waals surface area (Å²) in [6.45, 7) is 2.38. The normalized spacial score (nSPS) is 13.9. The highest BCUT2D eigenvalue weighted by molar-refractivity contribution is 5.81. The average molecular weight is 342 g/mol. The van der Waals surface area contributed by atoms with Gasteiger partial charge in [0.15, 0.2) is 0 Å². The third-order valence-corrected chi connectivity index (χ3v) is 4.22. The maximum Gasteiger partial charge on any atom is 0.410 e. The van der Waals surface area contributed by atoms with Crippen LogP contribution in [-0.4, -0.2) is 39.1 Å². The van der Waals surface area contributed by atoms with Crippen LogP contribution in [0.3, 0.4) is 0 Å². The summed E-state index contributed by atoms with van der Waals surface area (Å²) in [6, 6.07) is 10.3. The number of aromatic nitrogens is 1. The summed E-state index contributed by atoms with van der Waals surface area (Å²) in [5.41, 5.74) is 3.11. The molecular weight excluding hydrogens is 324 g/mol. The number of carboxylic acid groups (broad SMARTS) is 1. The number of nitrogens with one attached hydrogen (secondary N) is 1. The number of non-ortho nitro benzene ring substituents is 1. The fourth-order valence-electron chi connectivity index (χ4n) is 2.97. The van der Waals surface area contributed by atoms with Crippen molar-refractivity contribution < 1.29 is 14.8 Å². The molecule has 0 radical (unpaired) electrons. The molecule has 0 fully saturated rings. The van der Waals surface area contributed by atoms with Crippen molar-refractivity contribution in [3.8, 4) is 0 Å². The van der Waals surface area contributed by atoms with Crippen molar-refractivity contribution in [2.75, 3.05) is 18.4 Å². The molecule has 0 bridgehead atoms. The smallest absolute Gasteiger partial charge is 0.410 e. The van der Waals surface area contributed by atoms with Gasteiger partial charge in [-0.2, -0.15) is 0 Å². The zero-order chi connectivity index (χ0) is 17.8. The first-order valence-electron chi connectivity index (χ1n) is 7.96. The van der Waals surface area contributed by atoms with Crippen LogP contribution >= 0.6 is 0 Å². The molecule has 1 aliphatic heterocycles. The highest BCUT2D eigenvalue weighted by atomic mass is 16.6. The molecule has 1 aromatic carbocycles. The lowest BCUT2D eigenvalue weighted by molar-refractivity contribution is -0.384. The van der Waals surface area contributed by atoms with Gasteiger partial charge in [-0.05, 0) is 29.7 Å². The molecule has 0 saturated carbocycles. The summed E-state index contributed by atoms with van der Waals surface area (Å²) in [5.74, 6) is 0.321. The van der Waals surface area contributed by atoms with Gasteiger partial charge in [-0.3, -0.25) is 20.3 Å². The van der Waals surface area contributed by atoms with E-state index in [1.807, 2.05) is 12.1 Å². The fraction of sp³-hybridized carbons (Fsp3) is 0.294. The predicted molar refractivity (Wildman–Crippen MR) is 91.7 cm³/mol. The van der Waals surface area contributed by atoms with Gasteiger partial charge in [0.05, 0.1) is 4.92 Å². The molecule has 2 N–H and O–H groups in total. The summed E-state index contributed by atoms with van der Waals surface area (Å²) in [5, 5.41) is 21.8. The quantitative estimate of drug-likeness (QED) is 0.639. The van der Waals surface area contributed by atoms with E-state index in [1.54, 1.807) is 24.3 Å². The number of nitrogens with zero attached hydrogens (tertiary/aromatic N) is 3. The highest BCUT2D eigenvalue weighted by Crippen LogP contribution is 2.23. The number of fused-ring (bicyclic) bond motifs is 1. The number of rotatable bonds is 5. The number of benzene rings is 1. The number of amides is 1. The van der Waals surface area contributed by atoms with E-state index < -0.39 is 6.09 Å². The molecule has 1 aromatic heterocycles. The summed E-state index contributed by atoms with van der Waals surface area (Å²) < 4.78 is 0. The monoisotopic (exact) mass is 342 g/mol. The highest BCUT2D eigenvalue weighted by Gasteiger charge is 2.18. The Morgan fingerprint density at radius 1 is 1.32 bits per heavy atom. The van der Waals surface area contributed by atoms with Gasteiger partial charge in [0, 0.05) is 43.9 Å². The lowest BCUT2D eigenvalue weighted by Gasteiger charge is -2.28. The van der Waals surface area contributed by atoms with Crippen LogP contribution in [-0.2, 0) is 19.4 Å². The molecular formula is C17H18N4O4. The van der Waals surface area contributed by atoms with E-state index in [4.69, 9.17) is 5.11 Å². The van der Waals surface area contributed by atoms with E-state index >= 15 is 0 Å². The second-order valence-corrected chi connectivity index (χ2v) is 5.93. The summed E-state index contributed by atoms with van der Waals surface area (Å²) in [6.07, 6.45) is 0.356. The summed E-state index contributed by atoms with van der Waals surface area (Å²) in [7, 11) is 0. The lowest BCUT2D eigenvalue weighted by atomic mass is 9.99. The van der Waals surface area contributed by atoms with E-state index in [9.17, 15) is 14.9 Å². The molecule has 0 unspecified atom stereocenters. The Bertz CT molecular complexity index is 809. The molecule has 8 heteroatoms. The molecule has 130 valence electrons. The first kappa shape index (κ1) is 16.8. The Balaban J connectivity index is 1.60. The minimum absolute atomic E-state index is 0.138. The van der Waals surface area contributed by atoms with E-state index in [-0.39, 0.29) is 10.6 Å². The second-order valence-electron chi connectivity index (χ2n) is 5.93. The van der Waals surface area contributed by atoms with Crippen LogP contribution < -0.4 is 5.32 Å². The number of hydrogen-bond donors (Lipinski definition) is 2. The fourth-order valence-corrected chi connectivity index (χ4v) is 2.97. The molecule has 0 aliphatic carbocycles. The van der Waals surface area contributed by atoms with Crippen LogP contribution in [0.2, 0.25) is 0 Å². The molecule has 1 aliphatic rings. The molecule has 0 atom stereocenters. The lowest BCUT2D eigenvalue weighted by Crippen LogP contribution is -2.32. The molecule has 25 heavy (non-hydrogen) atoms. The van der Waals surface area contributed by atoms with Crippen LogP contribution in [0.5, 0.6) is 0 Å². The zero-order valence-corrected chi connectivity index (χ0v) is 13.5. The van der Waals surface area contributed by atoms with Crippen LogP contribution in [0.25, 0.3) is 0 Å². The standard InChI is InChI=1S/C17H18N4O4/c22-17(23)19-16-3-1-2-14(18-16)7-9-20-8-6-12-10-15(21(24)25)5-4-13(12)11-20/h1-5,10H,6-9,11H2,(H,18,19)(H,22,23). The van der Waals surface area contributed by atoms with Crippen molar-refractivity contribution in [1.29, 1.82) is 0 Å². The predicted octanol–water partition coefficient (Wildman–Crippen LogP) is 2.68. The topological polar surface area (TPSA) is 109 Å². The number of nitro benzene ring substituents is 1. The van der Waals surface area contributed by atoms with Crippen LogP contribution in [0.4, 0.5) is 16.3 Å². The minimum Gasteiger partial charge on any atom is -0.465 e. The summed E-state index contributed by atoms with van der Waals surface area (Å²) in [4.78, 5) is 27.7. The Morgan fingerprint density at radius 2 is 2.16 bits per heavy atom. The van der Waals surface area contributed by atoms with Crippen LogP contribution in [0, 0.1) is 10.1 Å². The van der Waals surface area contributed by atoms with E-state index in [0.29, 0.717) is 12.2 Å². The van der Waals surface area contributed by atoms with Crippen molar-refractivity contribution in [3.05, 3.63) is 63.3 Å². The molecule has 2 aromatic rings. The molecule has 0 saturated heterocycles. The first-order valence-corrected chi connectivity index (χ1v) is 7.96. The van der Waals surface area contributed by atoms with Gasteiger partial charge in [0.1, 0.15) is 5.82 Å². The third kappa shape index (κ3) is 4.30. The van der Waals surface area contributed by atoms with Crippen LogP contribution in [0.1, 0.15) is 16.8 Å². The maximum atomic E-state index is 10.9. The molecule has 8 nitrogen and oxygen atoms in total. The Kier molecular flexibility index (Phi) is 4.90. The first-order chi connectivity index (χ1) is 12.0. The number of hydrogen-bond acceptors (Lipinski definition) is 5. The number of pyridine rings is 1. The van der Waals surface area contributed by atoms with Gasteiger partial charge in [0.2, 0.25) is 0 Å². The molecule has 1 amide bonds. The van der Waals surface area contributed by atoms with Gasteiger partial charge in [-0.1, -0.05) is 12.1 Å². The van der Waals surface area contributed by atoms with Gasteiger partial charge in [-0.25, -0.2) is 9.78 Å². The summed E-state index contributed by atoms with van der Waals surface area (Å²) >= 11 is 0. The third-order valence-electron chi connectivity index (χ3n) is 4.22. The van der Waals surface area contributed by atoms with Gasteiger partial charge >= 0.3 is 6.09 Å². The SMILES string of the molecule is O=C(O)Nc1cccc(CCN2CCc3cc([N+](=O)[O-])ccc3C2)n1. The Labute approximate surface area is 144 Å². The number of nitro groups is 1. The van der Waals surface area contributed by atoms with Crippen molar-refractivity contribution in [1.82, 2.24) is 9.88 Å². The zero-order valence-electron chi connectivity index (χ0n) is 13.5. The average Bonchev–Trinajstić information content (AvgIpc) is 2.59. The van der Waals surface area contributed by atoms with E-state index in [2.05, 4.69) is 15.2 Å². The van der Waals surface area contributed by atoms with Gasteiger partial charge < -0.3 is 5.11 Å². The van der Waals surface area contributed by atoms with Crippen molar-refractivity contribution >= 4 is 17.6 Å². The largest absolute Gasteiger partial charge is 0.465 e. The van der Waals surface area contributed by atoms with Crippen molar-refractivity contribution in [2.45, 2.75) is 19.4 Å². The van der Waals surface area contributed by atoms with E-state index in [0.717, 1.165) is 42.9 Å². The molecule has 0 spiro atoms. The van der Waals surface area contributed by atoms with Gasteiger partial charge in [-0.15, -0.1) is 0 Å². The minimum atomic E-state index is -1.13. The number of carbonyl (C=O) groups is 1. The molecule has 3 rings (SSSR count). The Hall–Kier alpha value is -3.00. The van der Waals surface area contributed by atoms with Crippen molar-refractivity contribution in [3.63, 3.8) is 0 Å². The second kappa shape index (κ2) is 7.27. The number of anilines is 1. The molecule has 2 heterocycles. The Morgan fingerprint density at radius 3 is 2.92 bits per heavy atom. The van der Waals surface area contributed by atoms with Crippen LogP contribution in [0.15, 0.2) is 36.4 Å². The maximum absolute atomic E-state index is 10.9.